The van der Waals surface area contributed by atoms with Crippen LogP contribution < -0.4 is 5.32 Å². The topological polar surface area (TPSA) is 76.1 Å². The first-order chi connectivity index (χ1) is 14.1. The fourth-order valence-electron chi connectivity index (χ4n) is 3.90. The lowest BCUT2D eigenvalue weighted by atomic mass is 9.86. The Morgan fingerprint density at radius 3 is 2.43 bits per heavy atom. The van der Waals surface area contributed by atoms with Gasteiger partial charge in [-0.15, -0.1) is 0 Å². The predicted molar refractivity (Wildman–Crippen MR) is 106 cm³/mol. The second kappa shape index (κ2) is 8.75. The van der Waals surface area contributed by atoms with Crippen molar-refractivity contribution in [2.75, 3.05) is 11.6 Å². The van der Waals surface area contributed by atoms with Gasteiger partial charge in [0.15, 0.2) is 21.5 Å². The van der Waals surface area contributed by atoms with Gasteiger partial charge in [-0.3, -0.25) is 4.79 Å². The van der Waals surface area contributed by atoms with Crippen LogP contribution in [0.15, 0.2) is 29.3 Å². The summed E-state index contributed by atoms with van der Waals surface area (Å²) in [6.07, 6.45) is 5.95. The molecule has 30 heavy (non-hydrogen) atoms. The highest BCUT2D eigenvalue weighted by Gasteiger charge is 2.33. The number of amides is 1. The van der Waals surface area contributed by atoms with Gasteiger partial charge in [-0.1, -0.05) is 31.7 Å². The minimum absolute atomic E-state index is 0.104. The normalized spacial score (nSPS) is 15.9. The molecular weight excluding hydrogens is 417 g/mol. The summed E-state index contributed by atoms with van der Waals surface area (Å²) in [6, 6.07) is 3.93. The molecule has 1 amide bonds. The molecule has 1 saturated carbocycles. The summed E-state index contributed by atoms with van der Waals surface area (Å²) in [6.45, 7) is 1.83. The number of nitrogens with zero attached hydrogens (tertiary/aromatic N) is 1. The van der Waals surface area contributed by atoms with Crippen LogP contribution in [-0.4, -0.2) is 25.6 Å². The second-order valence-electron chi connectivity index (χ2n) is 7.83. The van der Waals surface area contributed by atoms with E-state index in [1.54, 1.807) is 18.3 Å². The maximum Gasteiger partial charge on any atom is 0.233 e. The van der Waals surface area contributed by atoms with Gasteiger partial charge in [-0.25, -0.2) is 26.6 Å². The van der Waals surface area contributed by atoms with E-state index in [2.05, 4.69) is 10.3 Å². The molecule has 1 atom stereocenters. The summed E-state index contributed by atoms with van der Waals surface area (Å²) < 4.78 is 67.1. The van der Waals surface area contributed by atoms with Crippen molar-refractivity contribution in [3.05, 3.63) is 53.0 Å². The summed E-state index contributed by atoms with van der Waals surface area (Å²) in [5.41, 5.74) is 0.385. The van der Waals surface area contributed by atoms with Crippen LogP contribution in [0.5, 0.6) is 0 Å². The van der Waals surface area contributed by atoms with Gasteiger partial charge in [0.25, 0.3) is 0 Å². The lowest BCUT2D eigenvalue weighted by Crippen LogP contribution is -2.25. The van der Waals surface area contributed by atoms with Crippen LogP contribution in [0.1, 0.15) is 49.1 Å². The van der Waals surface area contributed by atoms with E-state index in [4.69, 9.17) is 0 Å². The zero-order chi connectivity index (χ0) is 22.1. The van der Waals surface area contributed by atoms with Crippen molar-refractivity contribution in [3.63, 3.8) is 0 Å². The highest BCUT2D eigenvalue weighted by molar-refractivity contribution is 7.90. The third kappa shape index (κ3) is 4.83. The third-order valence-electron chi connectivity index (χ3n) is 5.41. The Labute approximate surface area is 173 Å². The van der Waals surface area contributed by atoms with Gasteiger partial charge >= 0.3 is 0 Å². The molecule has 0 bridgehead atoms. The number of anilines is 1. The summed E-state index contributed by atoms with van der Waals surface area (Å²) in [7, 11) is -4.32. The highest BCUT2D eigenvalue weighted by Crippen LogP contribution is 2.37. The average molecular weight is 440 g/mol. The van der Waals surface area contributed by atoms with E-state index < -0.39 is 49.6 Å². The molecule has 0 aliphatic heterocycles. The molecule has 1 N–H and O–H groups in total. The number of pyridine rings is 1. The SMILES string of the molecule is Cc1ccc(NC(=O)C(CC2CCCC2)c2cc(F)c(S(C)(=O)=O)c(F)c2F)nc1. The summed E-state index contributed by atoms with van der Waals surface area (Å²) in [5, 5.41) is 2.57. The van der Waals surface area contributed by atoms with Gasteiger partial charge in [-0.2, -0.15) is 0 Å². The molecule has 1 aliphatic carbocycles. The first-order valence-corrected chi connectivity index (χ1v) is 11.6. The van der Waals surface area contributed by atoms with E-state index >= 15 is 0 Å². The molecule has 0 spiro atoms. The van der Waals surface area contributed by atoms with Gasteiger partial charge in [0.1, 0.15) is 16.5 Å². The number of benzene rings is 1. The second-order valence-corrected chi connectivity index (χ2v) is 9.78. The number of hydrogen-bond acceptors (Lipinski definition) is 4. The number of carbonyl (C=O) groups excluding carboxylic acids is 1. The maximum atomic E-state index is 14.8. The van der Waals surface area contributed by atoms with Crippen molar-refractivity contribution in [1.82, 2.24) is 4.98 Å². The number of sulfone groups is 1. The molecule has 1 fully saturated rings. The smallest absolute Gasteiger partial charge is 0.233 e. The molecule has 1 aliphatic rings. The van der Waals surface area contributed by atoms with Crippen molar-refractivity contribution in [3.8, 4) is 0 Å². The van der Waals surface area contributed by atoms with Crippen molar-refractivity contribution < 1.29 is 26.4 Å². The van der Waals surface area contributed by atoms with Crippen molar-refractivity contribution in [2.45, 2.75) is 49.8 Å². The largest absolute Gasteiger partial charge is 0.310 e. The number of hydrogen-bond donors (Lipinski definition) is 1. The van der Waals surface area contributed by atoms with Gasteiger partial charge in [0, 0.05) is 18.0 Å². The Kier molecular flexibility index (Phi) is 6.50. The zero-order valence-corrected chi connectivity index (χ0v) is 17.5. The van der Waals surface area contributed by atoms with E-state index in [0.717, 1.165) is 31.2 Å². The minimum Gasteiger partial charge on any atom is -0.310 e. The molecule has 162 valence electrons. The first kappa shape index (κ1) is 22.3. The van der Waals surface area contributed by atoms with E-state index in [1.165, 1.54) is 0 Å². The molecule has 3 rings (SSSR count). The number of carbonyl (C=O) groups is 1. The number of halogens is 3. The number of rotatable bonds is 6. The Bertz CT molecular complexity index is 1050. The molecule has 0 radical (unpaired) electrons. The van der Waals surface area contributed by atoms with E-state index in [1.807, 2.05) is 6.92 Å². The predicted octanol–water partition coefficient (Wildman–Crippen LogP) is 4.51. The fourth-order valence-corrected chi connectivity index (χ4v) is 4.73. The highest BCUT2D eigenvalue weighted by atomic mass is 32.2. The Balaban J connectivity index is 2.01. The molecule has 1 aromatic heterocycles. The number of nitrogens with one attached hydrogen (secondary N) is 1. The summed E-state index contributed by atoms with van der Waals surface area (Å²) >= 11 is 0. The van der Waals surface area contributed by atoms with Crippen LogP contribution in [0.2, 0.25) is 0 Å². The summed E-state index contributed by atoms with van der Waals surface area (Å²) in [4.78, 5) is 15.7. The molecule has 9 heteroatoms. The average Bonchev–Trinajstić information content (AvgIpc) is 3.17. The van der Waals surface area contributed by atoms with E-state index in [-0.39, 0.29) is 18.2 Å². The van der Waals surface area contributed by atoms with E-state index in [9.17, 15) is 26.4 Å². The lowest BCUT2D eigenvalue weighted by Gasteiger charge is -2.22. The molecule has 1 aromatic carbocycles. The van der Waals surface area contributed by atoms with Gasteiger partial charge in [0.2, 0.25) is 5.91 Å². The van der Waals surface area contributed by atoms with Crippen LogP contribution in [0.25, 0.3) is 0 Å². The molecule has 2 aromatic rings. The zero-order valence-electron chi connectivity index (χ0n) is 16.7. The first-order valence-electron chi connectivity index (χ1n) is 9.69. The Morgan fingerprint density at radius 2 is 1.87 bits per heavy atom. The molecule has 1 heterocycles. The van der Waals surface area contributed by atoms with Crippen LogP contribution in [0, 0.1) is 30.3 Å². The molecule has 0 saturated heterocycles. The van der Waals surface area contributed by atoms with Gasteiger partial charge in [0.05, 0.1) is 5.92 Å². The number of aryl methyl sites for hydroxylation is 1. The van der Waals surface area contributed by atoms with Crippen LogP contribution in [0.4, 0.5) is 19.0 Å². The van der Waals surface area contributed by atoms with Crippen LogP contribution in [-0.2, 0) is 14.6 Å². The fraction of sp³-hybridized carbons (Fsp3) is 0.429. The van der Waals surface area contributed by atoms with Gasteiger partial charge < -0.3 is 5.32 Å². The molecule has 5 nitrogen and oxygen atoms in total. The number of aromatic nitrogens is 1. The third-order valence-corrected chi connectivity index (χ3v) is 6.53. The quantitative estimate of drug-likeness (QED) is 0.671. The van der Waals surface area contributed by atoms with Crippen LogP contribution >= 0.6 is 0 Å². The maximum absolute atomic E-state index is 14.8. The minimum atomic E-state index is -4.32. The standard InChI is InChI=1S/C21H23F3N2O3S/c1-12-7-8-17(25-11-12)26-21(27)15(9-13-5-3-4-6-13)14-10-16(22)20(30(2,28)29)19(24)18(14)23/h7-8,10-11,13,15H,3-6,9H2,1-2H3,(H,25,26,27). The Morgan fingerprint density at radius 1 is 1.20 bits per heavy atom. The van der Waals surface area contributed by atoms with Crippen molar-refractivity contribution in [1.29, 1.82) is 0 Å². The summed E-state index contributed by atoms with van der Waals surface area (Å²) in [5.74, 6) is -6.24. The lowest BCUT2D eigenvalue weighted by molar-refractivity contribution is -0.118. The monoisotopic (exact) mass is 440 g/mol. The molecular formula is C21H23F3N2O3S. The van der Waals surface area contributed by atoms with Crippen LogP contribution in [0.3, 0.4) is 0 Å². The molecule has 1 unspecified atom stereocenters. The van der Waals surface area contributed by atoms with Crippen molar-refractivity contribution >= 4 is 21.6 Å². The Hall–Kier alpha value is -2.42. The van der Waals surface area contributed by atoms with Crippen molar-refractivity contribution in [2.24, 2.45) is 5.92 Å². The van der Waals surface area contributed by atoms with Gasteiger partial charge in [-0.05, 0) is 37.0 Å². The van der Waals surface area contributed by atoms with E-state index in [0.29, 0.717) is 12.3 Å².